The summed E-state index contributed by atoms with van der Waals surface area (Å²) in [6, 6.07) is 24.9. The number of benzene rings is 3. The zero-order chi connectivity index (χ0) is 19.6. The molecule has 28 heavy (non-hydrogen) atoms. The van der Waals surface area contributed by atoms with Crippen molar-refractivity contribution >= 4 is 12.1 Å². The molecule has 0 spiro atoms. The molecule has 3 aromatic carbocycles. The van der Waals surface area contributed by atoms with E-state index >= 15 is 0 Å². The second-order valence-electron chi connectivity index (χ2n) is 6.16. The Morgan fingerprint density at radius 3 is 2.25 bits per heavy atom. The second-order valence-corrected chi connectivity index (χ2v) is 6.16. The number of hydrogen-bond acceptors (Lipinski definition) is 4. The molecule has 0 saturated heterocycles. The van der Waals surface area contributed by atoms with Crippen LogP contribution in [0.4, 0.5) is 0 Å². The first-order valence-corrected chi connectivity index (χ1v) is 8.94. The van der Waals surface area contributed by atoms with Gasteiger partial charge >= 0.3 is 0 Å². The molecular weight excluding hydrogens is 352 g/mol. The minimum atomic E-state index is -0.177. The molecule has 1 N–H and O–H groups in total. The molecule has 1 amide bonds. The number of carbonyl (C=O) groups is 1. The van der Waals surface area contributed by atoms with Crippen LogP contribution in [0.2, 0.25) is 0 Å². The van der Waals surface area contributed by atoms with E-state index in [4.69, 9.17) is 9.47 Å². The van der Waals surface area contributed by atoms with Crippen LogP contribution < -0.4 is 14.9 Å². The zero-order valence-electron chi connectivity index (χ0n) is 15.7. The molecule has 3 rings (SSSR count). The molecule has 0 fully saturated rings. The number of methoxy groups -OCH3 is 1. The first-order valence-electron chi connectivity index (χ1n) is 8.94. The van der Waals surface area contributed by atoms with Gasteiger partial charge in [0.05, 0.1) is 19.7 Å². The molecule has 142 valence electrons. The zero-order valence-corrected chi connectivity index (χ0v) is 15.7. The predicted octanol–water partition coefficient (Wildman–Crippen LogP) is 3.97. The quantitative estimate of drug-likeness (QED) is 0.479. The van der Waals surface area contributed by atoms with Gasteiger partial charge in [0.25, 0.3) is 0 Å². The van der Waals surface area contributed by atoms with Crippen molar-refractivity contribution in [3.63, 3.8) is 0 Å². The van der Waals surface area contributed by atoms with Crippen LogP contribution in [0, 0.1) is 0 Å². The Labute approximate surface area is 164 Å². The lowest BCUT2D eigenvalue weighted by Gasteiger charge is -2.06. The van der Waals surface area contributed by atoms with Crippen LogP contribution in [0.25, 0.3) is 0 Å². The van der Waals surface area contributed by atoms with Crippen LogP contribution in [0.5, 0.6) is 11.5 Å². The highest BCUT2D eigenvalue weighted by Crippen LogP contribution is 2.14. The van der Waals surface area contributed by atoms with Crippen molar-refractivity contribution in [1.82, 2.24) is 5.43 Å². The van der Waals surface area contributed by atoms with E-state index in [1.165, 1.54) is 0 Å². The number of hydrazone groups is 1. The van der Waals surface area contributed by atoms with Gasteiger partial charge in [0.15, 0.2) is 0 Å². The van der Waals surface area contributed by atoms with Crippen LogP contribution in [-0.4, -0.2) is 19.2 Å². The summed E-state index contributed by atoms with van der Waals surface area (Å²) in [7, 11) is 1.61. The Morgan fingerprint density at radius 1 is 0.893 bits per heavy atom. The normalized spacial score (nSPS) is 10.6. The predicted molar refractivity (Wildman–Crippen MR) is 110 cm³/mol. The summed E-state index contributed by atoms with van der Waals surface area (Å²) in [4.78, 5) is 12.0. The number of rotatable bonds is 8. The van der Waals surface area contributed by atoms with E-state index in [9.17, 15) is 4.79 Å². The maximum absolute atomic E-state index is 12.0. The third kappa shape index (κ3) is 5.99. The Bertz CT molecular complexity index is 905. The summed E-state index contributed by atoms with van der Waals surface area (Å²) in [6.07, 6.45) is 1.86. The van der Waals surface area contributed by atoms with Gasteiger partial charge in [0.2, 0.25) is 5.91 Å². The lowest BCUT2D eigenvalue weighted by molar-refractivity contribution is -0.120. The van der Waals surface area contributed by atoms with Crippen molar-refractivity contribution in [2.24, 2.45) is 5.10 Å². The highest BCUT2D eigenvalue weighted by molar-refractivity contribution is 5.83. The van der Waals surface area contributed by atoms with E-state index in [2.05, 4.69) is 10.5 Å². The van der Waals surface area contributed by atoms with E-state index in [1.54, 1.807) is 13.3 Å². The van der Waals surface area contributed by atoms with Gasteiger partial charge in [-0.05, 0) is 53.1 Å². The number of carbonyl (C=O) groups excluding carboxylic acids is 1. The molecule has 5 nitrogen and oxygen atoms in total. The molecule has 0 unspecified atom stereocenters. The molecule has 0 aliphatic carbocycles. The highest BCUT2D eigenvalue weighted by atomic mass is 16.5. The van der Waals surface area contributed by atoms with Gasteiger partial charge in [-0.1, -0.05) is 42.5 Å². The number of nitrogens with one attached hydrogen (secondary N) is 1. The van der Waals surface area contributed by atoms with Crippen molar-refractivity contribution in [3.05, 3.63) is 95.6 Å². The molecule has 0 saturated carbocycles. The largest absolute Gasteiger partial charge is 0.497 e. The van der Waals surface area contributed by atoms with E-state index in [-0.39, 0.29) is 12.3 Å². The first kappa shape index (κ1) is 19.2. The fraction of sp³-hybridized carbons (Fsp3) is 0.130. The first-order chi connectivity index (χ1) is 13.7. The lowest BCUT2D eigenvalue weighted by Crippen LogP contribution is -2.19. The summed E-state index contributed by atoms with van der Waals surface area (Å²) >= 11 is 0. The minimum absolute atomic E-state index is 0.177. The number of nitrogens with zero attached hydrogens (tertiary/aromatic N) is 1. The SMILES string of the molecule is COc1ccc(CC(=O)N/N=C\c2ccc(OCc3ccccc3)cc2)cc1. The van der Waals surface area contributed by atoms with E-state index in [1.807, 2.05) is 78.9 Å². The number of ether oxygens (including phenoxy) is 2. The van der Waals surface area contributed by atoms with Crippen LogP contribution >= 0.6 is 0 Å². The average Bonchev–Trinajstić information content (AvgIpc) is 2.74. The molecule has 5 heteroatoms. The highest BCUT2D eigenvalue weighted by Gasteiger charge is 2.02. The standard InChI is InChI=1S/C23H22N2O3/c1-27-21-11-7-18(8-12-21)15-23(26)25-24-16-19-9-13-22(14-10-19)28-17-20-5-3-2-4-6-20/h2-14,16H,15,17H2,1H3,(H,25,26)/b24-16-. The number of amides is 1. The second kappa shape index (κ2) is 9.92. The molecule has 0 aliphatic rings. The topological polar surface area (TPSA) is 59.9 Å². The Morgan fingerprint density at radius 2 is 1.57 bits per heavy atom. The van der Waals surface area contributed by atoms with E-state index < -0.39 is 0 Å². The van der Waals surface area contributed by atoms with Crippen LogP contribution in [0.1, 0.15) is 16.7 Å². The fourth-order valence-electron chi connectivity index (χ4n) is 2.54. The van der Waals surface area contributed by atoms with Crippen molar-refractivity contribution in [1.29, 1.82) is 0 Å². The summed E-state index contributed by atoms with van der Waals surface area (Å²) in [5, 5.41) is 4.00. The Kier molecular flexibility index (Phi) is 6.79. The van der Waals surface area contributed by atoms with Gasteiger partial charge in [-0.3, -0.25) is 4.79 Å². The van der Waals surface area contributed by atoms with Crippen molar-refractivity contribution in [3.8, 4) is 11.5 Å². The van der Waals surface area contributed by atoms with Gasteiger partial charge in [0.1, 0.15) is 18.1 Å². The van der Waals surface area contributed by atoms with Gasteiger partial charge in [-0.2, -0.15) is 5.10 Å². The van der Waals surface area contributed by atoms with Gasteiger partial charge in [-0.15, -0.1) is 0 Å². The van der Waals surface area contributed by atoms with Crippen molar-refractivity contribution < 1.29 is 14.3 Å². The van der Waals surface area contributed by atoms with E-state index in [0.29, 0.717) is 6.61 Å². The molecule has 0 heterocycles. The molecule has 0 atom stereocenters. The molecule has 0 radical (unpaired) electrons. The summed E-state index contributed by atoms with van der Waals surface area (Å²) < 4.78 is 10.9. The summed E-state index contributed by atoms with van der Waals surface area (Å²) in [5.74, 6) is 1.37. The molecule has 3 aromatic rings. The lowest BCUT2D eigenvalue weighted by atomic mass is 10.1. The van der Waals surface area contributed by atoms with E-state index in [0.717, 1.165) is 28.2 Å². The van der Waals surface area contributed by atoms with Gasteiger partial charge < -0.3 is 9.47 Å². The minimum Gasteiger partial charge on any atom is -0.497 e. The maximum Gasteiger partial charge on any atom is 0.244 e. The third-order valence-corrected chi connectivity index (χ3v) is 4.06. The molecule has 0 aromatic heterocycles. The Hall–Kier alpha value is -3.60. The smallest absolute Gasteiger partial charge is 0.244 e. The average molecular weight is 374 g/mol. The van der Waals surface area contributed by atoms with Crippen LogP contribution in [0.15, 0.2) is 84.0 Å². The van der Waals surface area contributed by atoms with Gasteiger partial charge in [0, 0.05) is 0 Å². The fourth-order valence-corrected chi connectivity index (χ4v) is 2.54. The molecular formula is C23H22N2O3. The van der Waals surface area contributed by atoms with Crippen molar-refractivity contribution in [2.75, 3.05) is 7.11 Å². The number of hydrogen-bond donors (Lipinski definition) is 1. The third-order valence-electron chi connectivity index (χ3n) is 4.06. The summed E-state index contributed by atoms with van der Waals surface area (Å²) in [6.45, 7) is 0.524. The Balaban J connectivity index is 1.45. The molecule has 0 aliphatic heterocycles. The monoisotopic (exact) mass is 374 g/mol. The molecule has 0 bridgehead atoms. The van der Waals surface area contributed by atoms with Gasteiger partial charge in [-0.25, -0.2) is 5.43 Å². The summed E-state index contributed by atoms with van der Waals surface area (Å²) in [5.41, 5.74) is 5.42. The maximum atomic E-state index is 12.0. The van der Waals surface area contributed by atoms with Crippen molar-refractivity contribution in [2.45, 2.75) is 13.0 Å². The van der Waals surface area contributed by atoms with Crippen LogP contribution in [-0.2, 0) is 17.8 Å². The van der Waals surface area contributed by atoms with Crippen LogP contribution in [0.3, 0.4) is 0 Å².